The fourth-order valence-corrected chi connectivity index (χ4v) is 10.7. The second kappa shape index (κ2) is 18.2. The molecule has 17 heteroatoms. The summed E-state index contributed by atoms with van der Waals surface area (Å²) >= 11 is 2.55. The van der Waals surface area contributed by atoms with E-state index in [2.05, 4.69) is 24.5 Å². The van der Waals surface area contributed by atoms with Gasteiger partial charge < -0.3 is 29.6 Å². The van der Waals surface area contributed by atoms with Crippen molar-refractivity contribution in [2.75, 3.05) is 38.1 Å². The van der Waals surface area contributed by atoms with Gasteiger partial charge in [-0.2, -0.15) is 0 Å². The molecule has 0 saturated heterocycles. The van der Waals surface area contributed by atoms with Gasteiger partial charge in [-0.25, -0.2) is 19.2 Å². The smallest absolute Gasteiger partial charge is 0.341 e. The molecule has 0 radical (unpaired) electrons. The highest BCUT2D eigenvalue weighted by molar-refractivity contribution is 7.17. The zero-order valence-electron chi connectivity index (χ0n) is 33.9. The molecule has 2 N–H and O–H groups in total. The maximum Gasteiger partial charge on any atom is 0.341 e. The Hall–Kier alpha value is -6.20. The Balaban J connectivity index is 1.03. The van der Waals surface area contributed by atoms with Crippen molar-refractivity contribution in [2.24, 2.45) is 11.8 Å². The first-order valence-electron chi connectivity index (χ1n) is 19.7. The van der Waals surface area contributed by atoms with Crippen LogP contribution in [0.5, 0.6) is 0 Å². The molecule has 0 spiro atoms. The van der Waals surface area contributed by atoms with E-state index in [4.69, 9.17) is 18.9 Å². The Kier molecular flexibility index (Phi) is 12.8. The van der Waals surface area contributed by atoms with Crippen molar-refractivity contribution in [1.82, 2.24) is 4.90 Å². The Morgan fingerprint density at radius 1 is 0.705 bits per heavy atom. The van der Waals surface area contributed by atoms with Crippen LogP contribution in [0.25, 0.3) is 0 Å². The van der Waals surface area contributed by atoms with Gasteiger partial charge in [-0.05, 0) is 85.3 Å². The summed E-state index contributed by atoms with van der Waals surface area (Å²) in [7, 11) is 2.52. The molecule has 3 unspecified atom stereocenters. The first-order chi connectivity index (χ1) is 29.3. The molecule has 0 bridgehead atoms. The molecule has 3 atom stereocenters. The average molecular weight is 870 g/mol. The maximum absolute atomic E-state index is 14.0. The van der Waals surface area contributed by atoms with Crippen molar-refractivity contribution in [3.05, 3.63) is 103 Å². The standard InChI is InChI=1S/C44H43N3O12S2/c1-22-10-13-27-31(16-22)60-37(35(27)43(54)56-3)45-33(48)20-58-41(52)25-12-15-26-29(19-25)40(51)47(39(26)50)30(18-24-8-6-5-7-9-24)42(53)59-21-34(49)46-38-36(44(55)57-4)28-14-11-23(2)17-32(28)61-38/h5-9,12,15,19,22-23,30H,10-11,13-14,16-18,20-21H2,1-4H3,(H,45,48)(H,46,49). The van der Waals surface area contributed by atoms with Crippen molar-refractivity contribution >= 4 is 80.2 Å². The van der Waals surface area contributed by atoms with Gasteiger partial charge in [0.1, 0.15) is 16.0 Å². The minimum absolute atomic E-state index is 0.0828. The largest absolute Gasteiger partial charge is 0.465 e. The van der Waals surface area contributed by atoms with Crippen LogP contribution in [0.4, 0.5) is 10.0 Å². The second-order valence-corrected chi connectivity index (χ2v) is 17.5. The molecule has 15 nitrogen and oxygen atoms in total. The van der Waals surface area contributed by atoms with Crippen LogP contribution in [0.1, 0.15) is 105 Å². The Labute approximate surface area is 358 Å². The van der Waals surface area contributed by atoms with E-state index in [1.54, 1.807) is 30.3 Å². The summed E-state index contributed by atoms with van der Waals surface area (Å²) in [6.45, 7) is 2.72. The number of ether oxygens (including phenoxy) is 4. The van der Waals surface area contributed by atoms with Crippen molar-refractivity contribution in [3.8, 4) is 0 Å². The van der Waals surface area contributed by atoms with Crippen LogP contribution >= 0.6 is 22.7 Å². The number of imide groups is 1. The van der Waals surface area contributed by atoms with Crippen molar-refractivity contribution in [3.63, 3.8) is 0 Å². The number of carbonyl (C=O) groups is 8. The van der Waals surface area contributed by atoms with Gasteiger partial charge in [-0.15, -0.1) is 22.7 Å². The van der Waals surface area contributed by atoms with Crippen LogP contribution in [0, 0.1) is 11.8 Å². The molecule has 61 heavy (non-hydrogen) atoms. The predicted molar refractivity (Wildman–Crippen MR) is 223 cm³/mol. The Bertz CT molecular complexity index is 2460. The zero-order valence-corrected chi connectivity index (χ0v) is 35.5. The highest BCUT2D eigenvalue weighted by Gasteiger charge is 2.44. The summed E-state index contributed by atoms with van der Waals surface area (Å²) in [6, 6.07) is 10.8. The SMILES string of the molecule is COC(=O)c1c(NC(=O)COC(=O)c2ccc3c(c2)C(=O)N(C(Cc2ccccc2)C(=O)OCC(=O)Nc2sc4c(c2C(=O)OC)CCC(C)C4)C3=O)sc2c1CCC(C)C2. The molecular weight excluding hydrogens is 827 g/mol. The number of hydrogen-bond acceptors (Lipinski definition) is 14. The second-order valence-electron chi connectivity index (χ2n) is 15.3. The number of amides is 4. The highest BCUT2D eigenvalue weighted by atomic mass is 32.1. The molecule has 2 aliphatic carbocycles. The van der Waals surface area contributed by atoms with E-state index in [1.807, 2.05) is 0 Å². The van der Waals surface area contributed by atoms with Gasteiger partial charge in [0.2, 0.25) is 0 Å². The Morgan fingerprint density at radius 3 is 1.77 bits per heavy atom. The molecule has 2 aromatic carbocycles. The number of hydrogen-bond donors (Lipinski definition) is 2. The van der Waals surface area contributed by atoms with Gasteiger partial charge in [0.05, 0.1) is 42.0 Å². The molecule has 318 valence electrons. The topological polar surface area (TPSA) is 201 Å². The molecule has 3 heterocycles. The van der Waals surface area contributed by atoms with Gasteiger partial charge >= 0.3 is 23.9 Å². The van der Waals surface area contributed by atoms with Crippen LogP contribution in [0.15, 0.2) is 48.5 Å². The monoisotopic (exact) mass is 869 g/mol. The molecule has 0 fully saturated rings. The lowest BCUT2D eigenvalue weighted by Crippen LogP contribution is -2.47. The van der Waals surface area contributed by atoms with Crippen LogP contribution in [-0.2, 0) is 65.4 Å². The molecule has 4 amide bonds. The number of benzene rings is 2. The van der Waals surface area contributed by atoms with Gasteiger partial charge in [0.25, 0.3) is 23.6 Å². The number of esters is 4. The molecule has 2 aromatic heterocycles. The van der Waals surface area contributed by atoms with Crippen LogP contribution in [0.2, 0.25) is 0 Å². The van der Waals surface area contributed by atoms with Crippen molar-refractivity contribution in [2.45, 2.75) is 64.8 Å². The molecule has 3 aliphatic rings. The first-order valence-corrected chi connectivity index (χ1v) is 21.4. The number of anilines is 2. The van der Waals surface area contributed by atoms with E-state index in [9.17, 15) is 38.4 Å². The number of nitrogens with one attached hydrogen (secondary N) is 2. The van der Waals surface area contributed by atoms with Gasteiger partial charge in [-0.1, -0.05) is 44.2 Å². The lowest BCUT2D eigenvalue weighted by atomic mass is 9.88. The summed E-state index contributed by atoms with van der Waals surface area (Å²) < 4.78 is 20.7. The predicted octanol–water partition coefficient (Wildman–Crippen LogP) is 5.82. The van der Waals surface area contributed by atoms with Gasteiger partial charge in [0.15, 0.2) is 13.2 Å². The summed E-state index contributed by atoms with van der Waals surface area (Å²) in [4.78, 5) is 109. The van der Waals surface area contributed by atoms with E-state index >= 15 is 0 Å². The summed E-state index contributed by atoms with van der Waals surface area (Å²) in [5, 5.41) is 5.93. The van der Waals surface area contributed by atoms with Crippen molar-refractivity contribution < 1.29 is 57.3 Å². The van der Waals surface area contributed by atoms with Crippen LogP contribution < -0.4 is 10.6 Å². The number of carbonyl (C=O) groups excluding carboxylic acids is 8. The zero-order chi connectivity index (χ0) is 43.5. The van der Waals surface area contributed by atoms with Gasteiger partial charge in [-0.3, -0.25) is 24.1 Å². The molecule has 7 rings (SSSR count). The number of rotatable bonds is 13. The minimum atomic E-state index is -1.51. The lowest BCUT2D eigenvalue weighted by molar-refractivity contribution is -0.151. The number of fused-ring (bicyclic) bond motifs is 3. The third-order valence-corrected chi connectivity index (χ3v) is 13.3. The fourth-order valence-electron chi connectivity index (χ4n) is 7.87. The normalized spacial score (nSPS) is 17.0. The highest BCUT2D eigenvalue weighted by Crippen LogP contribution is 2.41. The van der Waals surface area contributed by atoms with Crippen molar-refractivity contribution in [1.29, 1.82) is 0 Å². The molecule has 0 saturated carbocycles. The van der Waals surface area contributed by atoms with E-state index < -0.39 is 66.8 Å². The fraction of sp³-hybridized carbons (Fsp3) is 0.364. The van der Waals surface area contributed by atoms with E-state index in [-0.39, 0.29) is 33.7 Å². The van der Waals surface area contributed by atoms with Crippen LogP contribution in [-0.4, -0.2) is 85.9 Å². The van der Waals surface area contributed by atoms with E-state index in [1.165, 1.54) is 49.0 Å². The third-order valence-electron chi connectivity index (χ3n) is 11.0. The Morgan fingerprint density at radius 2 is 1.23 bits per heavy atom. The van der Waals surface area contributed by atoms with E-state index in [0.717, 1.165) is 57.5 Å². The molecule has 4 aromatic rings. The lowest BCUT2D eigenvalue weighted by Gasteiger charge is -2.24. The van der Waals surface area contributed by atoms with Gasteiger partial charge in [0, 0.05) is 16.2 Å². The third kappa shape index (κ3) is 8.98. The molecular formula is C44H43N3O12S2. The summed E-state index contributed by atoms with van der Waals surface area (Å²) in [5.74, 6) is -5.50. The minimum Gasteiger partial charge on any atom is -0.465 e. The summed E-state index contributed by atoms with van der Waals surface area (Å²) in [6.07, 6.45) is 4.44. The number of methoxy groups -OCH3 is 2. The quantitative estimate of drug-likeness (QED) is 0.0929. The number of nitrogens with zero attached hydrogens (tertiary/aromatic N) is 1. The average Bonchev–Trinajstić information content (AvgIpc) is 3.87. The maximum atomic E-state index is 14.0. The summed E-state index contributed by atoms with van der Waals surface area (Å²) in [5.41, 5.74) is 2.42. The number of thiophene rings is 2. The van der Waals surface area contributed by atoms with Crippen LogP contribution in [0.3, 0.4) is 0 Å². The first kappa shape index (κ1) is 42.9. The van der Waals surface area contributed by atoms with E-state index in [0.29, 0.717) is 40.8 Å². The molecule has 1 aliphatic heterocycles.